The van der Waals surface area contributed by atoms with Crippen LogP contribution in [0.15, 0.2) is 109 Å². The van der Waals surface area contributed by atoms with Gasteiger partial charge in [0.15, 0.2) is 0 Å². The van der Waals surface area contributed by atoms with Gasteiger partial charge in [-0.1, -0.05) is 72.8 Å². The highest BCUT2D eigenvalue weighted by molar-refractivity contribution is 6.15. The maximum absolute atomic E-state index is 9.41. The van der Waals surface area contributed by atoms with E-state index in [2.05, 4.69) is 113 Å². The average Bonchev–Trinajstić information content (AvgIpc) is 3.31. The molecule has 174 valence electrons. The molecule has 0 radical (unpaired) electrons. The molecule has 7 rings (SSSR count). The van der Waals surface area contributed by atoms with Gasteiger partial charge < -0.3 is 4.57 Å². The van der Waals surface area contributed by atoms with Gasteiger partial charge in [-0.2, -0.15) is 5.26 Å². The van der Waals surface area contributed by atoms with Crippen LogP contribution in [0.4, 0.5) is 0 Å². The van der Waals surface area contributed by atoms with Gasteiger partial charge >= 0.3 is 0 Å². The first kappa shape index (κ1) is 21.4. The molecule has 0 atom stereocenters. The summed E-state index contributed by atoms with van der Waals surface area (Å²) in [6, 6.07) is 36.1. The number of hydrogen-bond acceptors (Lipinski definition) is 2. The van der Waals surface area contributed by atoms with E-state index in [4.69, 9.17) is 0 Å². The maximum atomic E-state index is 9.41. The van der Waals surface area contributed by atoms with Crippen molar-refractivity contribution in [2.45, 2.75) is 12.8 Å². The van der Waals surface area contributed by atoms with Gasteiger partial charge in [0, 0.05) is 28.2 Å². The third-order valence-electron chi connectivity index (χ3n) is 7.34. The SMILES string of the molecule is N#Cc1ccnc(-c2ccc3c4c5c(c(-c6ccccc6)cc4n(-c4ccccc4)c3c2)CCC=C5)c1. The highest BCUT2D eigenvalue weighted by atomic mass is 15.0. The molecule has 0 amide bonds. The van der Waals surface area contributed by atoms with Crippen LogP contribution in [0.25, 0.3) is 56.0 Å². The predicted molar refractivity (Wildman–Crippen MR) is 152 cm³/mol. The number of allylic oxidation sites excluding steroid dienone is 1. The van der Waals surface area contributed by atoms with Gasteiger partial charge in [-0.15, -0.1) is 0 Å². The Morgan fingerprint density at radius 3 is 2.41 bits per heavy atom. The molecule has 0 fully saturated rings. The molecule has 2 aromatic heterocycles. The molecule has 3 heteroatoms. The van der Waals surface area contributed by atoms with Gasteiger partial charge in [-0.3, -0.25) is 4.98 Å². The van der Waals surface area contributed by atoms with E-state index >= 15 is 0 Å². The van der Waals surface area contributed by atoms with Gasteiger partial charge in [-0.05, 0) is 71.5 Å². The quantitative estimate of drug-likeness (QED) is 0.259. The minimum atomic E-state index is 0.611. The molecule has 3 nitrogen and oxygen atoms in total. The number of pyridine rings is 1. The number of nitriles is 1. The molecule has 0 aliphatic heterocycles. The Hall–Kier alpha value is -4.94. The van der Waals surface area contributed by atoms with E-state index in [1.807, 2.05) is 6.07 Å². The van der Waals surface area contributed by atoms with E-state index in [9.17, 15) is 5.26 Å². The van der Waals surface area contributed by atoms with Gasteiger partial charge in [0.25, 0.3) is 0 Å². The Morgan fingerprint density at radius 2 is 1.59 bits per heavy atom. The van der Waals surface area contributed by atoms with E-state index in [0.29, 0.717) is 5.56 Å². The Bertz CT molecular complexity index is 1870. The molecule has 37 heavy (non-hydrogen) atoms. The lowest BCUT2D eigenvalue weighted by molar-refractivity contribution is 0.991. The first-order chi connectivity index (χ1) is 18.3. The summed E-state index contributed by atoms with van der Waals surface area (Å²) in [6.07, 6.45) is 8.41. The first-order valence-corrected chi connectivity index (χ1v) is 12.6. The third-order valence-corrected chi connectivity index (χ3v) is 7.34. The number of para-hydroxylation sites is 1. The molecule has 0 spiro atoms. The Balaban J connectivity index is 1.61. The highest BCUT2D eigenvalue weighted by Crippen LogP contribution is 2.43. The van der Waals surface area contributed by atoms with E-state index < -0.39 is 0 Å². The summed E-state index contributed by atoms with van der Waals surface area (Å²) < 4.78 is 2.37. The van der Waals surface area contributed by atoms with Crippen LogP contribution in [0, 0.1) is 11.3 Å². The van der Waals surface area contributed by atoms with Crippen molar-refractivity contribution in [1.29, 1.82) is 5.26 Å². The van der Waals surface area contributed by atoms with Crippen molar-refractivity contribution in [2.75, 3.05) is 0 Å². The van der Waals surface area contributed by atoms with E-state index in [1.54, 1.807) is 12.3 Å². The largest absolute Gasteiger partial charge is 0.309 e. The molecule has 0 bridgehead atoms. The van der Waals surface area contributed by atoms with E-state index in [0.717, 1.165) is 35.3 Å². The second kappa shape index (κ2) is 8.62. The minimum absolute atomic E-state index is 0.611. The van der Waals surface area contributed by atoms with Gasteiger partial charge in [0.2, 0.25) is 0 Å². The van der Waals surface area contributed by atoms with Crippen molar-refractivity contribution in [3.05, 3.63) is 126 Å². The molecule has 6 aromatic rings. The van der Waals surface area contributed by atoms with E-state index in [1.165, 1.54) is 38.5 Å². The van der Waals surface area contributed by atoms with Crippen LogP contribution in [0.1, 0.15) is 23.1 Å². The molecule has 2 heterocycles. The van der Waals surface area contributed by atoms with Crippen LogP contribution in [0.3, 0.4) is 0 Å². The molecule has 0 saturated heterocycles. The standard InChI is InChI=1S/C34H23N3/c35-22-23-17-18-36-31(19-23)25-15-16-29-32(20-25)37(26-11-5-2-6-12-26)33-21-30(24-9-3-1-4-10-24)27-13-7-8-14-28(27)34(29)33/h1-6,8-12,14-21H,7,13H2. The van der Waals surface area contributed by atoms with Crippen LogP contribution in [0.2, 0.25) is 0 Å². The summed E-state index contributed by atoms with van der Waals surface area (Å²) in [5.74, 6) is 0. The number of hydrogen-bond donors (Lipinski definition) is 0. The molecule has 4 aromatic carbocycles. The summed E-state index contributed by atoms with van der Waals surface area (Å²) in [5.41, 5.74) is 11.2. The smallest absolute Gasteiger partial charge is 0.0992 e. The first-order valence-electron chi connectivity index (χ1n) is 12.6. The predicted octanol–water partition coefficient (Wildman–Crippen LogP) is 8.34. The second-order valence-corrected chi connectivity index (χ2v) is 9.46. The fourth-order valence-electron chi connectivity index (χ4n) is 5.68. The van der Waals surface area contributed by atoms with Crippen LogP contribution in [0.5, 0.6) is 0 Å². The topological polar surface area (TPSA) is 41.6 Å². The molecular formula is C34H23N3. The van der Waals surface area contributed by atoms with Crippen molar-refractivity contribution in [3.63, 3.8) is 0 Å². The molecular weight excluding hydrogens is 450 g/mol. The number of nitrogens with zero attached hydrogens (tertiary/aromatic N) is 3. The zero-order valence-electron chi connectivity index (χ0n) is 20.2. The fraction of sp³-hybridized carbons (Fsp3) is 0.0588. The lowest BCUT2D eigenvalue weighted by atomic mass is 9.86. The summed E-state index contributed by atoms with van der Waals surface area (Å²) in [4.78, 5) is 4.57. The molecule has 0 unspecified atom stereocenters. The second-order valence-electron chi connectivity index (χ2n) is 9.46. The van der Waals surface area contributed by atoms with Gasteiger partial charge in [-0.25, -0.2) is 0 Å². The minimum Gasteiger partial charge on any atom is -0.309 e. The fourth-order valence-corrected chi connectivity index (χ4v) is 5.68. The monoisotopic (exact) mass is 473 g/mol. The lowest BCUT2D eigenvalue weighted by Gasteiger charge is -2.18. The number of aromatic nitrogens is 2. The lowest BCUT2D eigenvalue weighted by Crippen LogP contribution is -2.00. The van der Waals surface area contributed by atoms with Crippen LogP contribution < -0.4 is 0 Å². The third kappa shape index (κ3) is 3.46. The summed E-state index contributed by atoms with van der Waals surface area (Å²) in [6.45, 7) is 0. The molecule has 1 aliphatic rings. The van der Waals surface area contributed by atoms with Crippen molar-refractivity contribution >= 4 is 27.9 Å². The Kier molecular flexibility index (Phi) is 4.97. The number of fused-ring (bicyclic) bond motifs is 5. The number of rotatable bonds is 3. The van der Waals surface area contributed by atoms with Crippen molar-refractivity contribution in [1.82, 2.24) is 9.55 Å². The van der Waals surface area contributed by atoms with E-state index in [-0.39, 0.29) is 0 Å². The van der Waals surface area contributed by atoms with Crippen molar-refractivity contribution in [3.8, 4) is 34.1 Å². The zero-order valence-corrected chi connectivity index (χ0v) is 20.2. The molecule has 0 N–H and O–H groups in total. The van der Waals surface area contributed by atoms with Gasteiger partial charge in [0.05, 0.1) is 28.4 Å². The average molecular weight is 474 g/mol. The summed E-state index contributed by atoms with van der Waals surface area (Å²) in [5, 5.41) is 11.9. The highest BCUT2D eigenvalue weighted by Gasteiger charge is 2.22. The normalized spacial score (nSPS) is 12.5. The van der Waals surface area contributed by atoms with Crippen LogP contribution >= 0.6 is 0 Å². The van der Waals surface area contributed by atoms with Crippen molar-refractivity contribution in [2.24, 2.45) is 0 Å². The molecule has 1 aliphatic carbocycles. The Labute approximate surface area is 215 Å². The van der Waals surface area contributed by atoms with Crippen molar-refractivity contribution < 1.29 is 0 Å². The summed E-state index contributed by atoms with van der Waals surface area (Å²) in [7, 11) is 0. The van der Waals surface area contributed by atoms with Crippen LogP contribution in [-0.2, 0) is 6.42 Å². The van der Waals surface area contributed by atoms with Crippen LogP contribution in [-0.4, -0.2) is 9.55 Å². The maximum Gasteiger partial charge on any atom is 0.0992 e. The summed E-state index contributed by atoms with van der Waals surface area (Å²) >= 11 is 0. The Morgan fingerprint density at radius 1 is 0.784 bits per heavy atom. The number of benzene rings is 4. The van der Waals surface area contributed by atoms with Gasteiger partial charge in [0.1, 0.15) is 0 Å². The molecule has 0 saturated carbocycles. The zero-order chi connectivity index (χ0) is 24.8.